The van der Waals surface area contributed by atoms with E-state index in [2.05, 4.69) is 10.1 Å². The molecule has 236 valence electrons. The lowest BCUT2D eigenvalue weighted by molar-refractivity contribution is -0.134. The first kappa shape index (κ1) is 31.6. The summed E-state index contributed by atoms with van der Waals surface area (Å²) in [5.74, 6) is -1.00. The van der Waals surface area contributed by atoms with Gasteiger partial charge in [-0.1, -0.05) is 17.2 Å². The summed E-state index contributed by atoms with van der Waals surface area (Å²) in [6, 6.07) is 10.4. The van der Waals surface area contributed by atoms with Crippen LogP contribution in [0.25, 0.3) is 11.8 Å². The van der Waals surface area contributed by atoms with Gasteiger partial charge in [-0.2, -0.15) is 22.6 Å². The van der Waals surface area contributed by atoms with Crippen molar-refractivity contribution < 1.29 is 30.8 Å². The summed E-state index contributed by atoms with van der Waals surface area (Å²) in [5.41, 5.74) is 1.22. The Bertz CT molecular complexity index is 1900. The van der Waals surface area contributed by atoms with Crippen LogP contribution < -0.4 is 0 Å². The van der Waals surface area contributed by atoms with Gasteiger partial charge in [-0.05, 0) is 99.7 Å². The lowest BCUT2D eigenvalue weighted by Gasteiger charge is -2.47. The Hall–Kier alpha value is -3.39. The molecule has 0 aliphatic heterocycles. The number of thiazole rings is 1. The minimum atomic E-state index is -4.67. The van der Waals surface area contributed by atoms with Crippen LogP contribution in [0, 0.1) is 11.2 Å². The number of ketones is 1. The van der Waals surface area contributed by atoms with Gasteiger partial charge in [-0.15, -0.1) is 11.3 Å². The zero-order chi connectivity index (χ0) is 32.3. The molecule has 0 spiro atoms. The number of fused-ring (bicyclic) bond motifs is 2. The van der Waals surface area contributed by atoms with Gasteiger partial charge in [0.1, 0.15) is 10.7 Å². The molecule has 45 heavy (non-hydrogen) atoms. The Morgan fingerprint density at radius 2 is 1.80 bits per heavy atom. The van der Waals surface area contributed by atoms with Crippen molar-refractivity contribution in [2.45, 2.75) is 62.7 Å². The van der Waals surface area contributed by atoms with Crippen LogP contribution in [0.2, 0.25) is 5.02 Å². The summed E-state index contributed by atoms with van der Waals surface area (Å²) < 4.78 is 85.2. The van der Waals surface area contributed by atoms with Crippen LogP contribution in [-0.2, 0) is 22.6 Å². The molecule has 2 atom stereocenters. The molecule has 2 aliphatic rings. The smallest absolute Gasteiger partial charge is 0.290 e. The van der Waals surface area contributed by atoms with E-state index in [1.54, 1.807) is 36.9 Å². The van der Waals surface area contributed by atoms with Crippen LogP contribution in [-0.4, -0.2) is 45.4 Å². The Balaban J connectivity index is 1.45. The van der Waals surface area contributed by atoms with Crippen LogP contribution in [0.3, 0.4) is 0 Å². The third-order valence-corrected chi connectivity index (χ3v) is 11.8. The van der Waals surface area contributed by atoms with Crippen LogP contribution in [0.1, 0.15) is 59.0 Å². The molecule has 1 saturated carbocycles. The number of nitrogens with zero attached hydrogens (tertiary/aromatic N) is 4. The fourth-order valence-electron chi connectivity index (χ4n) is 6.43. The molecule has 0 N–H and O–H groups in total. The van der Waals surface area contributed by atoms with E-state index < -0.39 is 50.2 Å². The van der Waals surface area contributed by atoms with Crippen molar-refractivity contribution in [3.8, 4) is 5.69 Å². The van der Waals surface area contributed by atoms with Gasteiger partial charge in [0.05, 0.1) is 34.1 Å². The molecule has 2 heterocycles. The third kappa shape index (κ3) is 5.64. The number of halogens is 5. The van der Waals surface area contributed by atoms with Gasteiger partial charge in [0.25, 0.3) is 0 Å². The van der Waals surface area contributed by atoms with Crippen LogP contribution in [0.5, 0.6) is 0 Å². The predicted octanol–water partition coefficient (Wildman–Crippen LogP) is 7.60. The highest BCUT2D eigenvalue weighted by Gasteiger charge is 2.53. The minimum absolute atomic E-state index is 0.0325. The molecule has 2 aromatic heterocycles. The third-order valence-electron chi connectivity index (χ3n) is 8.38. The molecule has 14 heteroatoms. The fourth-order valence-corrected chi connectivity index (χ4v) is 9.23. The molecule has 0 bridgehead atoms. The maximum absolute atomic E-state index is 14.4. The van der Waals surface area contributed by atoms with Crippen molar-refractivity contribution in [3.63, 3.8) is 0 Å². The SMILES string of the molecule is CC(C)N([C@H]1CCC2=Cc3c(cnn3-c3ccc(F)cc3)C[C@]2(C(=O)c2ncc(C(F)(F)F)s2)C1)S(=O)(=O)c1ccc(Cl)cc1. The number of benzene rings is 2. The van der Waals surface area contributed by atoms with Gasteiger partial charge in [-0.25, -0.2) is 22.5 Å². The second-order valence-corrected chi connectivity index (χ2v) is 14.8. The number of carbonyl (C=O) groups excluding carboxylic acids is 1. The number of carbonyl (C=O) groups is 1. The van der Waals surface area contributed by atoms with Gasteiger partial charge in [0.2, 0.25) is 15.8 Å². The molecule has 0 radical (unpaired) electrons. The summed E-state index contributed by atoms with van der Waals surface area (Å²) >= 11 is 6.29. The molecule has 7 nitrogen and oxygen atoms in total. The largest absolute Gasteiger partial charge is 0.427 e. The first-order valence-electron chi connectivity index (χ1n) is 14.1. The van der Waals surface area contributed by atoms with Crippen molar-refractivity contribution in [2.75, 3.05) is 0 Å². The lowest BCUT2D eigenvalue weighted by Crippen LogP contribution is -2.52. The second-order valence-electron chi connectivity index (χ2n) is 11.5. The van der Waals surface area contributed by atoms with Crippen molar-refractivity contribution in [3.05, 3.63) is 98.5 Å². The van der Waals surface area contributed by atoms with Gasteiger partial charge in [0.15, 0.2) is 5.01 Å². The monoisotopic (exact) mass is 678 g/mol. The van der Waals surface area contributed by atoms with Crippen LogP contribution in [0.15, 0.2) is 71.4 Å². The van der Waals surface area contributed by atoms with Gasteiger partial charge < -0.3 is 0 Å². The zero-order valence-electron chi connectivity index (χ0n) is 24.1. The van der Waals surface area contributed by atoms with Gasteiger partial charge in [-0.3, -0.25) is 4.79 Å². The number of alkyl halides is 3. The molecule has 0 amide bonds. The Kier molecular flexibility index (Phi) is 8.03. The number of hydrogen-bond donors (Lipinski definition) is 0. The average molecular weight is 679 g/mol. The van der Waals surface area contributed by atoms with Crippen LogP contribution >= 0.6 is 22.9 Å². The van der Waals surface area contributed by atoms with E-state index in [4.69, 9.17) is 11.6 Å². The minimum Gasteiger partial charge on any atom is -0.290 e. The quantitative estimate of drug-likeness (QED) is 0.149. The van der Waals surface area contributed by atoms with Crippen molar-refractivity contribution in [2.24, 2.45) is 5.41 Å². The van der Waals surface area contributed by atoms with E-state index in [9.17, 15) is 30.8 Å². The maximum atomic E-state index is 14.4. The number of aromatic nitrogens is 3. The highest BCUT2D eigenvalue weighted by molar-refractivity contribution is 7.89. The number of rotatable bonds is 7. The van der Waals surface area contributed by atoms with E-state index in [-0.39, 0.29) is 34.1 Å². The molecular formula is C31H27ClF4N4O3S2. The molecule has 6 rings (SSSR count). The van der Waals surface area contributed by atoms with E-state index in [0.29, 0.717) is 46.6 Å². The van der Waals surface area contributed by atoms with Crippen molar-refractivity contribution in [1.29, 1.82) is 0 Å². The fraction of sp³-hybridized carbons (Fsp3) is 0.323. The van der Waals surface area contributed by atoms with Crippen molar-refractivity contribution >= 4 is 44.8 Å². The summed E-state index contributed by atoms with van der Waals surface area (Å²) in [4.78, 5) is 17.3. The number of hydrogen-bond acceptors (Lipinski definition) is 6. The van der Waals surface area contributed by atoms with Gasteiger partial charge >= 0.3 is 6.18 Å². The summed E-state index contributed by atoms with van der Waals surface area (Å²) in [5, 5.41) is 4.57. The highest BCUT2D eigenvalue weighted by Crippen LogP contribution is 2.52. The Morgan fingerprint density at radius 3 is 2.42 bits per heavy atom. The summed E-state index contributed by atoms with van der Waals surface area (Å²) in [6.45, 7) is 3.49. The Labute approximate surface area is 266 Å². The van der Waals surface area contributed by atoms with E-state index in [1.807, 2.05) is 6.08 Å². The molecule has 4 aromatic rings. The Morgan fingerprint density at radius 1 is 1.11 bits per heavy atom. The normalized spacial score (nSPS) is 20.2. The zero-order valence-corrected chi connectivity index (χ0v) is 26.4. The van der Waals surface area contributed by atoms with E-state index >= 15 is 0 Å². The number of allylic oxidation sites excluding steroid dienone is 1. The summed E-state index contributed by atoms with van der Waals surface area (Å²) in [7, 11) is -4.05. The predicted molar refractivity (Wildman–Crippen MR) is 162 cm³/mol. The molecule has 1 fully saturated rings. The molecule has 2 aromatic carbocycles. The van der Waals surface area contributed by atoms with E-state index in [1.165, 1.54) is 40.7 Å². The lowest BCUT2D eigenvalue weighted by atomic mass is 9.61. The first-order valence-corrected chi connectivity index (χ1v) is 16.7. The topological polar surface area (TPSA) is 85.2 Å². The number of Topliss-reactive ketones (excluding diaryl/α,β-unsaturated/α-hetero) is 1. The average Bonchev–Trinajstić information content (AvgIpc) is 3.64. The maximum Gasteiger partial charge on any atom is 0.427 e. The standard InChI is InChI=1S/C31H27ClF4N4O3S2/c1-18(2)40(45(42,43)25-11-4-21(32)5-12-25)24-8-3-20-13-26-19(16-38-39(26)23-9-6-22(33)7-10-23)14-30(20,15-24)28(41)29-37-17-27(44-29)31(34,35)36/h4-7,9-13,16-18,24H,3,8,14-15H2,1-2H3/t24-,30-/m0/s1. The second kappa shape index (κ2) is 11.4. The van der Waals surface area contributed by atoms with Crippen molar-refractivity contribution in [1.82, 2.24) is 19.1 Å². The summed E-state index contributed by atoms with van der Waals surface area (Å²) in [6.07, 6.45) is 0.179. The van der Waals surface area contributed by atoms with Crippen LogP contribution in [0.4, 0.5) is 17.6 Å². The molecule has 0 saturated heterocycles. The van der Waals surface area contributed by atoms with E-state index in [0.717, 1.165) is 0 Å². The molecule has 0 unspecified atom stereocenters. The number of sulfonamides is 1. The molecule has 2 aliphatic carbocycles. The highest BCUT2D eigenvalue weighted by atomic mass is 35.5. The molecular weight excluding hydrogens is 652 g/mol. The first-order chi connectivity index (χ1) is 21.2. The van der Waals surface area contributed by atoms with Gasteiger partial charge in [0, 0.05) is 17.1 Å².